The molecule has 0 saturated carbocycles. The minimum absolute atomic E-state index is 0.0993. The zero-order chi connectivity index (χ0) is 16.4. The van der Waals surface area contributed by atoms with Crippen LogP contribution < -0.4 is 4.90 Å². The van der Waals surface area contributed by atoms with E-state index >= 15 is 0 Å². The van der Waals surface area contributed by atoms with Crippen LogP contribution in [0.4, 0.5) is 14.5 Å². The Balaban J connectivity index is 1.61. The quantitative estimate of drug-likeness (QED) is 0.628. The van der Waals surface area contributed by atoms with Crippen molar-refractivity contribution in [3.8, 4) is 0 Å². The maximum Gasteiger partial charge on any atom is 0.318 e. The Morgan fingerprint density at radius 1 is 1.30 bits per heavy atom. The van der Waals surface area contributed by atoms with E-state index in [1.165, 1.54) is 11.0 Å². The number of hydrogen-bond donors (Lipinski definition) is 0. The molecular formula is C16H17F2NO4. The van der Waals surface area contributed by atoms with Gasteiger partial charge in [-0.1, -0.05) is 0 Å². The lowest BCUT2D eigenvalue weighted by Gasteiger charge is -2.17. The fraction of sp³-hybridized carbons (Fsp3) is 0.500. The van der Waals surface area contributed by atoms with Gasteiger partial charge in [0.1, 0.15) is 12.5 Å². The van der Waals surface area contributed by atoms with Crippen molar-refractivity contribution in [3.63, 3.8) is 0 Å². The molecule has 1 aromatic carbocycles. The van der Waals surface area contributed by atoms with Crippen molar-refractivity contribution in [1.82, 2.24) is 0 Å². The van der Waals surface area contributed by atoms with E-state index < -0.39 is 29.4 Å². The molecular weight excluding hydrogens is 308 g/mol. The maximum atomic E-state index is 13.3. The first-order valence-electron chi connectivity index (χ1n) is 7.61. The van der Waals surface area contributed by atoms with Crippen molar-refractivity contribution in [1.29, 1.82) is 0 Å². The van der Waals surface area contributed by atoms with Crippen LogP contribution in [0.1, 0.15) is 19.3 Å². The summed E-state index contributed by atoms with van der Waals surface area (Å²) in [6.07, 6.45) is 1.97. The zero-order valence-corrected chi connectivity index (χ0v) is 12.5. The van der Waals surface area contributed by atoms with E-state index in [2.05, 4.69) is 0 Å². The minimum Gasteiger partial charge on any atom is -0.462 e. The molecule has 2 atom stereocenters. The zero-order valence-electron chi connectivity index (χ0n) is 12.5. The van der Waals surface area contributed by atoms with Gasteiger partial charge >= 0.3 is 5.97 Å². The van der Waals surface area contributed by atoms with Gasteiger partial charge in [-0.2, -0.15) is 0 Å². The number of benzene rings is 1. The molecule has 2 heterocycles. The lowest BCUT2D eigenvalue weighted by molar-refractivity contribution is -0.153. The Morgan fingerprint density at radius 3 is 2.83 bits per heavy atom. The lowest BCUT2D eigenvalue weighted by Crippen LogP contribution is -2.32. The first-order chi connectivity index (χ1) is 11.1. The first-order valence-corrected chi connectivity index (χ1v) is 7.61. The SMILES string of the molecule is O=C(OC[C@H]1CCCO1)[C@H]1CCN(c2ccc(F)c(F)c2)C1=O. The van der Waals surface area contributed by atoms with E-state index in [0.29, 0.717) is 13.0 Å². The molecule has 0 spiro atoms. The highest BCUT2D eigenvalue weighted by Crippen LogP contribution is 2.27. The topological polar surface area (TPSA) is 55.8 Å². The summed E-state index contributed by atoms with van der Waals surface area (Å²) >= 11 is 0. The molecule has 124 valence electrons. The van der Waals surface area contributed by atoms with E-state index in [9.17, 15) is 18.4 Å². The molecule has 2 aliphatic heterocycles. The second-order valence-corrected chi connectivity index (χ2v) is 5.69. The number of hydrogen-bond acceptors (Lipinski definition) is 4. The van der Waals surface area contributed by atoms with E-state index in [4.69, 9.17) is 9.47 Å². The number of nitrogens with zero attached hydrogens (tertiary/aromatic N) is 1. The second-order valence-electron chi connectivity index (χ2n) is 5.69. The van der Waals surface area contributed by atoms with Gasteiger partial charge in [-0.3, -0.25) is 9.59 Å². The molecule has 0 N–H and O–H groups in total. The molecule has 0 unspecified atom stereocenters. The summed E-state index contributed by atoms with van der Waals surface area (Å²) < 4.78 is 36.8. The van der Waals surface area contributed by atoms with Gasteiger partial charge in [0.05, 0.1) is 6.10 Å². The average molecular weight is 325 g/mol. The molecule has 5 nitrogen and oxygen atoms in total. The van der Waals surface area contributed by atoms with Gasteiger partial charge in [0.2, 0.25) is 5.91 Å². The van der Waals surface area contributed by atoms with Crippen molar-refractivity contribution >= 4 is 17.6 Å². The number of anilines is 1. The van der Waals surface area contributed by atoms with E-state index in [-0.39, 0.29) is 24.9 Å². The number of rotatable bonds is 4. The molecule has 1 aromatic rings. The van der Waals surface area contributed by atoms with Gasteiger partial charge in [-0.15, -0.1) is 0 Å². The van der Waals surface area contributed by atoms with Gasteiger partial charge in [0.15, 0.2) is 11.6 Å². The van der Waals surface area contributed by atoms with Gasteiger partial charge < -0.3 is 14.4 Å². The van der Waals surface area contributed by atoms with Crippen LogP contribution in [0.2, 0.25) is 0 Å². The van der Waals surface area contributed by atoms with Gasteiger partial charge in [0.25, 0.3) is 0 Å². The monoisotopic (exact) mass is 325 g/mol. The Hall–Kier alpha value is -2.02. The predicted molar refractivity (Wildman–Crippen MR) is 76.8 cm³/mol. The molecule has 2 fully saturated rings. The number of esters is 1. The largest absolute Gasteiger partial charge is 0.462 e. The summed E-state index contributed by atoms with van der Waals surface area (Å²) in [5.74, 6) is -3.94. The van der Waals surface area contributed by atoms with E-state index in [1.807, 2.05) is 0 Å². The van der Waals surface area contributed by atoms with Gasteiger partial charge in [0, 0.05) is 24.9 Å². The number of ether oxygens (including phenoxy) is 2. The number of halogens is 2. The Labute approximate surface area is 132 Å². The number of carbonyl (C=O) groups is 2. The smallest absolute Gasteiger partial charge is 0.318 e. The van der Waals surface area contributed by atoms with Crippen LogP contribution in [-0.4, -0.2) is 37.7 Å². The molecule has 0 aromatic heterocycles. The van der Waals surface area contributed by atoms with Crippen LogP contribution in [0.3, 0.4) is 0 Å². The van der Waals surface area contributed by atoms with Gasteiger partial charge in [-0.05, 0) is 31.4 Å². The van der Waals surface area contributed by atoms with Crippen LogP contribution >= 0.6 is 0 Å². The molecule has 3 rings (SSSR count). The van der Waals surface area contributed by atoms with Crippen molar-refractivity contribution in [2.75, 3.05) is 24.7 Å². The van der Waals surface area contributed by atoms with Crippen LogP contribution in [0, 0.1) is 17.6 Å². The molecule has 2 aliphatic rings. The fourth-order valence-corrected chi connectivity index (χ4v) is 2.86. The van der Waals surface area contributed by atoms with E-state index in [0.717, 1.165) is 25.0 Å². The number of amides is 1. The van der Waals surface area contributed by atoms with Crippen LogP contribution in [0.25, 0.3) is 0 Å². The molecule has 0 radical (unpaired) electrons. The van der Waals surface area contributed by atoms with Crippen molar-refractivity contribution in [2.45, 2.75) is 25.4 Å². The second kappa shape index (κ2) is 6.62. The third kappa shape index (κ3) is 3.34. The van der Waals surface area contributed by atoms with Crippen LogP contribution in [0.5, 0.6) is 0 Å². The van der Waals surface area contributed by atoms with Crippen LogP contribution in [0.15, 0.2) is 18.2 Å². The molecule has 7 heteroatoms. The summed E-state index contributed by atoms with van der Waals surface area (Å²) in [5.41, 5.74) is 0.239. The summed E-state index contributed by atoms with van der Waals surface area (Å²) in [5, 5.41) is 0. The molecule has 2 saturated heterocycles. The molecule has 23 heavy (non-hydrogen) atoms. The normalized spacial score (nSPS) is 24.3. The summed E-state index contributed by atoms with van der Waals surface area (Å²) in [7, 11) is 0. The standard InChI is InChI=1S/C16H17F2NO4/c17-13-4-3-10(8-14(13)18)19-6-5-12(15(19)20)16(21)23-9-11-2-1-7-22-11/h3-4,8,11-12H,1-2,5-7,9H2/t11-,12+/m1/s1. The summed E-state index contributed by atoms with van der Waals surface area (Å²) in [6, 6.07) is 3.23. The van der Waals surface area contributed by atoms with Crippen molar-refractivity contribution in [2.24, 2.45) is 5.92 Å². The Kier molecular flexibility index (Phi) is 4.56. The maximum absolute atomic E-state index is 13.3. The lowest BCUT2D eigenvalue weighted by atomic mass is 10.1. The highest BCUT2D eigenvalue weighted by molar-refractivity contribution is 6.08. The Morgan fingerprint density at radius 2 is 2.13 bits per heavy atom. The Bertz CT molecular complexity index is 616. The van der Waals surface area contributed by atoms with Crippen LogP contribution in [-0.2, 0) is 19.1 Å². The first kappa shape index (κ1) is 15.9. The highest BCUT2D eigenvalue weighted by atomic mass is 19.2. The number of carbonyl (C=O) groups excluding carboxylic acids is 2. The van der Waals surface area contributed by atoms with Crippen molar-refractivity contribution in [3.05, 3.63) is 29.8 Å². The molecule has 0 bridgehead atoms. The molecule has 1 amide bonds. The summed E-state index contributed by atoms with van der Waals surface area (Å²) in [6.45, 7) is 1.08. The third-order valence-corrected chi connectivity index (χ3v) is 4.14. The fourth-order valence-electron chi connectivity index (χ4n) is 2.86. The predicted octanol–water partition coefficient (Wildman–Crippen LogP) is 2.04. The minimum atomic E-state index is -1.03. The third-order valence-electron chi connectivity index (χ3n) is 4.14. The average Bonchev–Trinajstić information content (AvgIpc) is 3.17. The summed E-state index contributed by atoms with van der Waals surface area (Å²) in [4.78, 5) is 25.6. The van der Waals surface area contributed by atoms with Gasteiger partial charge in [-0.25, -0.2) is 8.78 Å². The molecule has 0 aliphatic carbocycles. The van der Waals surface area contributed by atoms with Crippen molar-refractivity contribution < 1.29 is 27.8 Å². The highest BCUT2D eigenvalue weighted by Gasteiger charge is 2.39. The van der Waals surface area contributed by atoms with E-state index in [1.54, 1.807) is 0 Å².